The lowest BCUT2D eigenvalue weighted by Crippen LogP contribution is -2.39. The molecule has 0 aromatic carbocycles. The van der Waals surface area contributed by atoms with Crippen LogP contribution in [0, 0.1) is 11.3 Å². The number of nitrogens with one attached hydrogen (secondary N) is 1. The van der Waals surface area contributed by atoms with Gasteiger partial charge in [0, 0.05) is 54.5 Å². The van der Waals surface area contributed by atoms with Gasteiger partial charge in [-0.25, -0.2) is 15.0 Å². The lowest BCUT2D eigenvalue weighted by Gasteiger charge is -2.33. The van der Waals surface area contributed by atoms with Crippen LogP contribution in [-0.2, 0) is 12.8 Å². The lowest BCUT2D eigenvalue weighted by atomic mass is 10.0. The largest absolute Gasteiger partial charge is 0.367 e. The SMILES string of the molecule is N#Cc1ccc(N2CCC(Nc3nc(-c4ccncc4)nc4c3CCC4)CC2)nc1. The Morgan fingerprint density at radius 1 is 1.03 bits per heavy atom. The second kappa shape index (κ2) is 8.07. The number of aromatic nitrogens is 4. The van der Waals surface area contributed by atoms with Crippen molar-refractivity contribution in [2.45, 2.75) is 38.1 Å². The van der Waals surface area contributed by atoms with E-state index in [1.165, 1.54) is 11.3 Å². The van der Waals surface area contributed by atoms with Crippen molar-refractivity contribution in [3.05, 3.63) is 59.7 Å². The van der Waals surface area contributed by atoms with Crippen molar-refractivity contribution in [2.75, 3.05) is 23.3 Å². The fourth-order valence-electron chi connectivity index (χ4n) is 4.27. The van der Waals surface area contributed by atoms with Gasteiger partial charge in [0.1, 0.15) is 17.7 Å². The van der Waals surface area contributed by atoms with E-state index >= 15 is 0 Å². The van der Waals surface area contributed by atoms with E-state index in [1.807, 2.05) is 24.3 Å². The van der Waals surface area contributed by atoms with E-state index < -0.39 is 0 Å². The average Bonchev–Trinajstić information content (AvgIpc) is 3.29. The van der Waals surface area contributed by atoms with Gasteiger partial charge in [-0.15, -0.1) is 0 Å². The Morgan fingerprint density at radius 3 is 2.60 bits per heavy atom. The first kappa shape index (κ1) is 18.5. The van der Waals surface area contributed by atoms with Crippen molar-refractivity contribution < 1.29 is 0 Å². The molecule has 150 valence electrons. The molecule has 3 aromatic rings. The van der Waals surface area contributed by atoms with Gasteiger partial charge in [-0.2, -0.15) is 5.26 Å². The number of nitrogens with zero attached hydrogens (tertiary/aromatic N) is 6. The molecule has 1 N–H and O–H groups in total. The van der Waals surface area contributed by atoms with E-state index in [4.69, 9.17) is 15.2 Å². The van der Waals surface area contributed by atoms with Crippen molar-refractivity contribution in [1.29, 1.82) is 5.26 Å². The molecule has 1 aliphatic carbocycles. The zero-order valence-corrected chi connectivity index (χ0v) is 16.8. The Kier molecular flexibility index (Phi) is 4.98. The maximum atomic E-state index is 8.95. The van der Waals surface area contributed by atoms with Crippen LogP contribution in [0.15, 0.2) is 42.9 Å². The molecule has 3 aromatic heterocycles. The molecule has 1 fully saturated rings. The number of rotatable bonds is 4. The quantitative estimate of drug-likeness (QED) is 0.722. The predicted molar refractivity (Wildman–Crippen MR) is 115 cm³/mol. The molecular formula is C23H23N7. The number of piperidine rings is 1. The Bertz CT molecular complexity index is 1070. The monoisotopic (exact) mass is 397 g/mol. The van der Waals surface area contributed by atoms with E-state index in [9.17, 15) is 0 Å². The summed E-state index contributed by atoms with van der Waals surface area (Å²) < 4.78 is 0. The van der Waals surface area contributed by atoms with E-state index in [1.54, 1.807) is 18.6 Å². The summed E-state index contributed by atoms with van der Waals surface area (Å²) in [6, 6.07) is 10.2. The molecule has 1 saturated heterocycles. The summed E-state index contributed by atoms with van der Waals surface area (Å²) in [7, 11) is 0. The second-order valence-corrected chi connectivity index (χ2v) is 7.83. The number of pyridine rings is 2. The molecule has 2 aliphatic rings. The highest BCUT2D eigenvalue weighted by atomic mass is 15.2. The summed E-state index contributed by atoms with van der Waals surface area (Å²) in [5.74, 6) is 2.72. The molecule has 7 heteroatoms. The minimum atomic E-state index is 0.379. The number of hydrogen-bond donors (Lipinski definition) is 1. The number of hydrogen-bond acceptors (Lipinski definition) is 7. The summed E-state index contributed by atoms with van der Waals surface area (Å²) in [5.41, 5.74) is 4.06. The minimum Gasteiger partial charge on any atom is -0.367 e. The zero-order chi connectivity index (χ0) is 20.3. The van der Waals surface area contributed by atoms with Gasteiger partial charge < -0.3 is 10.2 Å². The van der Waals surface area contributed by atoms with Crippen LogP contribution in [-0.4, -0.2) is 39.1 Å². The number of nitriles is 1. The molecule has 0 bridgehead atoms. The van der Waals surface area contributed by atoms with E-state index in [-0.39, 0.29) is 0 Å². The van der Waals surface area contributed by atoms with Crippen LogP contribution < -0.4 is 10.2 Å². The molecule has 0 atom stereocenters. The maximum absolute atomic E-state index is 8.95. The van der Waals surface area contributed by atoms with Crippen molar-refractivity contribution >= 4 is 11.6 Å². The third kappa shape index (κ3) is 3.69. The topological polar surface area (TPSA) is 90.6 Å². The molecule has 30 heavy (non-hydrogen) atoms. The first-order valence-electron chi connectivity index (χ1n) is 10.5. The number of anilines is 2. The molecule has 4 heterocycles. The van der Waals surface area contributed by atoms with Gasteiger partial charge in [-0.1, -0.05) is 0 Å². The third-order valence-electron chi connectivity index (χ3n) is 5.91. The molecule has 0 saturated carbocycles. The van der Waals surface area contributed by atoms with Crippen molar-refractivity contribution in [2.24, 2.45) is 0 Å². The van der Waals surface area contributed by atoms with Crippen LogP contribution in [0.25, 0.3) is 11.4 Å². The van der Waals surface area contributed by atoms with Gasteiger partial charge >= 0.3 is 0 Å². The summed E-state index contributed by atoms with van der Waals surface area (Å²) in [4.78, 5) is 20.5. The highest BCUT2D eigenvalue weighted by Crippen LogP contribution is 2.30. The van der Waals surface area contributed by atoms with Gasteiger partial charge in [0.15, 0.2) is 5.82 Å². The summed E-state index contributed by atoms with van der Waals surface area (Å²) >= 11 is 0. The van der Waals surface area contributed by atoms with E-state index in [0.717, 1.165) is 68.2 Å². The molecule has 0 unspecified atom stereocenters. The lowest BCUT2D eigenvalue weighted by molar-refractivity contribution is 0.522. The fraction of sp³-hybridized carbons (Fsp3) is 0.348. The van der Waals surface area contributed by atoms with E-state index in [2.05, 4.69) is 26.3 Å². The maximum Gasteiger partial charge on any atom is 0.161 e. The Labute approximate surface area is 175 Å². The standard InChI is InChI=1S/C23H23N7/c24-14-16-4-5-21(26-15-16)30-12-8-18(9-13-30)27-23-19-2-1-3-20(19)28-22(29-23)17-6-10-25-11-7-17/h4-7,10-11,15,18H,1-3,8-9,12-13H2,(H,27,28,29). The van der Waals surface area contributed by atoms with Gasteiger partial charge in [0.25, 0.3) is 0 Å². The van der Waals surface area contributed by atoms with Gasteiger partial charge in [-0.05, 0) is 56.4 Å². The Balaban J connectivity index is 1.31. The summed E-state index contributed by atoms with van der Waals surface area (Å²) in [6.45, 7) is 1.86. The normalized spacial score (nSPS) is 16.2. The van der Waals surface area contributed by atoms with Crippen LogP contribution in [0.5, 0.6) is 0 Å². The van der Waals surface area contributed by atoms with Crippen molar-refractivity contribution in [3.63, 3.8) is 0 Å². The van der Waals surface area contributed by atoms with Crippen LogP contribution in [0.1, 0.15) is 36.1 Å². The van der Waals surface area contributed by atoms with Crippen molar-refractivity contribution in [1.82, 2.24) is 19.9 Å². The predicted octanol–water partition coefficient (Wildman–Crippen LogP) is 3.37. The molecule has 7 nitrogen and oxygen atoms in total. The highest BCUT2D eigenvalue weighted by Gasteiger charge is 2.24. The molecule has 0 radical (unpaired) electrons. The van der Waals surface area contributed by atoms with E-state index in [0.29, 0.717) is 11.6 Å². The molecular weight excluding hydrogens is 374 g/mol. The van der Waals surface area contributed by atoms with Crippen molar-refractivity contribution in [3.8, 4) is 17.5 Å². The molecule has 0 spiro atoms. The summed E-state index contributed by atoms with van der Waals surface area (Å²) in [5, 5.41) is 12.7. The zero-order valence-electron chi connectivity index (χ0n) is 16.8. The first-order valence-corrected chi connectivity index (χ1v) is 10.5. The van der Waals surface area contributed by atoms with Crippen LogP contribution in [0.2, 0.25) is 0 Å². The molecule has 0 amide bonds. The van der Waals surface area contributed by atoms with Crippen LogP contribution >= 0.6 is 0 Å². The van der Waals surface area contributed by atoms with Gasteiger partial charge in [0.2, 0.25) is 0 Å². The van der Waals surface area contributed by atoms with Gasteiger partial charge in [-0.3, -0.25) is 4.98 Å². The smallest absolute Gasteiger partial charge is 0.161 e. The fourth-order valence-corrected chi connectivity index (χ4v) is 4.27. The first-order chi connectivity index (χ1) is 14.8. The summed E-state index contributed by atoms with van der Waals surface area (Å²) in [6.07, 6.45) is 10.5. The minimum absolute atomic E-state index is 0.379. The van der Waals surface area contributed by atoms with Gasteiger partial charge in [0.05, 0.1) is 5.56 Å². The van der Waals surface area contributed by atoms with Crippen LogP contribution in [0.3, 0.4) is 0 Å². The molecule has 1 aliphatic heterocycles. The Morgan fingerprint density at radius 2 is 1.87 bits per heavy atom. The number of aryl methyl sites for hydroxylation is 1. The highest BCUT2D eigenvalue weighted by molar-refractivity contribution is 5.60. The average molecular weight is 397 g/mol. The molecule has 5 rings (SSSR count). The Hall–Kier alpha value is -3.53. The second-order valence-electron chi connectivity index (χ2n) is 7.83. The third-order valence-corrected chi connectivity index (χ3v) is 5.91. The van der Waals surface area contributed by atoms with Crippen LogP contribution in [0.4, 0.5) is 11.6 Å². The number of fused-ring (bicyclic) bond motifs is 1.